The first kappa shape index (κ1) is 21.0. The van der Waals surface area contributed by atoms with Crippen LogP contribution in [0.2, 0.25) is 0 Å². The van der Waals surface area contributed by atoms with Crippen molar-refractivity contribution in [3.63, 3.8) is 0 Å². The first-order valence-electron chi connectivity index (χ1n) is 11.3. The molecule has 1 spiro atoms. The molecule has 0 aromatic heterocycles. The molecule has 0 amide bonds. The average molecular weight is 401 g/mol. The molecule has 3 aliphatic carbocycles. The number of Topliss-reactive ketones (excluding diaryl/α,β-unsaturated/α-hetero) is 1. The maximum Gasteiger partial charge on any atom is 0.146 e. The first-order chi connectivity index (χ1) is 13.5. The van der Waals surface area contributed by atoms with Crippen molar-refractivity contribution in [1.29, 1.82) is 0 Å². The number of ether oxygens (including phenoxy) is 1. The molecule has 4 heteroatoms. The van der Waals surface area contributed by atoms with Gasteiger partial charge in [0.1, 0.15) is 12.1 Å². The van der Waals surface area contributed by atoms with Gasteiger partial charge in [-0.25, -0.2) is 0 Å². The van der Waals surface area contributed by atoms with E-state index in [-0.39, 0.29) is 35.2 Å². The standard InChI is InChI=1S/C25H36O4/c1-15(2)10-18-11-16(3)25(29-18)9-8-23(4)12-19-22(20(27)13-24(19,5)28)17(14-26)6-7-21(23)25/h6,10,14,16,18-19,21-22,28H,7-9,11-13H2,1-5H3/t16-,18-,19+,21+,22+,23+,24+,25-/m0/s1. The molecular formula is C25H36O4. The number of carbonyl (C=O) groups is 2. The van der Waals surface area contributed by atoms with Gasteiger partial charge in [-0.05, 0) is 75.7 Å². The van der Waals surface area contributed by atoms with Crippen LogP contribution in [-0.4, -0.2) is 34.5 Å². The van der Waals surface area contributed by atoms with Gasteiger partial charge < -0.3 is 9.84 Å². The highest BCUT2D eigenvalue weighted by atomic mass is 16.5. The second-order valence-electron chi connectivity index (χ2n) is 11.0. The monoisotopic (exact) mass is 400 g/mol. The lowest BCUT2D eigenvalue weighted by Crippen LogP contribution is -2.46. The Kier molecular flexibility index (Phi) is 4.98. The highest BCUT2D eigenvalue weighted by Gasteiger charge is 2.63. The molecule has 4 rings (SSSR count). The van der Waals surface area contributed by atoms with Gasteiger partial charge in [0, 0.05) is 12.3 Å². The summed E-state index contributed by atoms with van der Waals surface area (Å²) in [5.74, 6) is 0.117. The fraction of sp³-hybridized carbons (Fsp3) is 0.760. The van der Waals surface area contributed by atoms with Crippen molar-refractivity contribution in [2.45, 2.75) is 90.4 Å². The number of hydrogen-bond donors (Lipinski definition) is 1. The van der Waals surface area contributed by atoms with Crippen molar-refractivity contribution in [2.24, 2.45) is 29.1 Å². The molecule has 3 fully saturated rings. The van der Waals surface area contributed by atoms with Gasteiger partial charge in [0.05, 0.1) is 23.2 Å². The van der Waals surface area contributed by atoms with Crippen molar-refractivity contribution in [3.05, 3.63) is 23.3 Å². The Balaban J connectivity index is 1.74. The summed E-state index contributed by atoms with van der Waals surface area (Å²) in [4.78, 5) is 24.6. The average Bonchev–Trinajstić information content (AvgIpc) is 3.12. The molecule has 160 valence electrons. The number of fused-ring (bicyclic) bond motifs is 3. The van der Waals surface area contributed by atoms with Gasteiger partial charge in [-0.1, -0.05) is 31.6 Å². The van der Waals surface area contributed by atoms with E-state index in [1.165, 1.54) is 5.57 Å². The predicted molar refractivity (Wildman–Crippen MR) is 112 cm³/mol. The number of rotatable bonds is 2. The van der Waals surface area contributed by atoms with Crippen molar-refractivity contribution in [3.8, 4) is 0 Å². The van der Waals surface area contributed by atoms with Crippen LogP contribution >= 0.6 is 0 Å². The largest absolute Gasteiger partial charge is 0.389 e. The summed E-state index contributed by atoms with van der Waals surface area (Å²) in [5.41, 5.74) is 0.628. The van der Waals surface area contributed by atoms with E-state index in [1.807, 2.05) is 6.08 Å². The van der Waals surface area contributed by atoms with E-state index in [4.69, 9.17) is 4.74 Å². The van der Waals surface area contributed by atoms with Crippen LogP contribution in [0, 0.1) is 29.1 Å². The third kappa shape index (κ3) is 3.18. The summed E-state index contributed by atoms with van der Waals surface area (Å²) in [5, 5.41) is 11.1. The Bertz CT molecular complexity index is 774. The van der Waals surface area contributed by atoms with E-state index in [2.05, 4.69) is 33.8 Å². The number of aldehydes is 1. The lowest BCUT2D eigenvalue weighted by molar-refractivity contribution is -0.122. The van der Waals surface area contributed by atoms with Crippen LogP contribution in [0.25, 0.3) is 0 Å². The zero-order chi connectivity index (χ0) is 21.2. The Morgan fingerprint density at radius 3 is 2.66 bits per heavy atom. The predicted octanol–water partition coefficient (Wildman–Crippen LogP) is 4.41. The molecule has 0 aromatic carbocycles. The minimum atomic E-state index is -1.04. The molecule has 1 saturated heterocycles. The van der Waals surface area contributed by atoms with Crippen LogP contribution < -0.4 is 0 Å². The molecule has 1 N–H and O–H groups in total. The topological polar surface area (TPSA) is 63.6 Å². The van der Waals surface area contributed by atoms with E-state index < -0.39 is 11.5 Å². The van der Waals surface area contributed by atoms with E-state index in [0.29, 0.717) is 17.4 Å². The Labute approximate surface area is 174 Å². The second-order valence-corrected chi connectivity index (χ2v) is 11.0. The quantitative estimate of drug-likeness (QED) is 0.551. The van der Waals surface area contributed by atoms with Gasteiger partial charge in [0.2, 0.25) is 0 Å². The van der Waals surface area contributed by atoms with E-state index in [1.54, 1.807) is 6.92 Å². The van der Waals surface area contributed by atoms with Crippen LogP contribution in [0.4, 0.5) is 0 Å². The molecule has 0 radical (unpaired) electrons. The van der Waals surface area contributed by atoms with E-state index >= 15 is 0 Å². The van der Waals surface area contributed by atoms with Gasteiger partial charge >= 0.3 is 0 Å². The van der Waals surface area contributed by atoms with Crippen molar-refractivity contribution in [2.75, 3.05) is 0 Å². The summed E-state index contributed by atoms with van der Waals surface area (Å²) >= 11 is 0. The van der Waals surface area contributed by atoms with Gasteiger partial charge in [0.25, 0.3) is 0 Å². The van der Waals surface area contributed by atoms with Crippen molar-refractivity contribution >= 4 is 12.1 Å². The Hall–Kier alpha value is -1.26. The summed E-state index contributed by atoms with van der Waals surface area (Å²) in [6, 6.07) is 0. The van der Waals surface area contributed by atoms with Crippen LogP contribution in [0.1, 0.15) is 73.1 Å². The number of allylic oxidation sites excluding steroid dienone is 3. The zero-order valence-electron chi connectivity index (χ0n) is 18.5. The summed E-state index contributed by atoms with van der Waals surface area (Å²) in [6.45, 7) is 10.7. The third-order valence-corrected chi connectivity index (χ3v) is 8.68. The molecular weight excluding hydrogens is 364 g/mol. The third-order valence-electron chi connectivity index (χ3n) is 8.68. The summed E-state index contributed by atoms with van der Waals surface area (Å²) in [7, 11) is 0. The van der Waals surface area contributed by atoms with Gasteiger partial charge in [-0.2, -0.15) is 0 Å². The van der Waals surface area contributed by atoms with Crippen LogP contribution in [0.15, 0.2) is 23.3 Å². The van der Waals surface area contributed by atoms with Crippen LogP contribution in [0.5, 0.6) is 0 Å². The maximum absolute atomic E-state index is 12.7. The fourth-order valence-electron chi connectivity index (χ4n) is 7.28. The highest BCUT2D eigenvalue weighted by Crippen LogP contribution is 2.64. The molecule has 29 heavy (non-hydrogen) atoms. The Morgan fingerprint density at radius 2 is 2.00 bits per heavy atom. The van der Waals surface area contributed by atoms with Gasteiger partial charge in [0.15, 0.2) is 0 Å². The summed E-state index contributed by atoms with van der Waals surface area (Å²) < 4.78 is 6.79. The SMILES string of the molecule is CC(C)=C[C@H]1C[C@H](C)[C@]2(CC[C@]3(C)C[C@@H]4[C@H](C(=O)C[C@@]4(C)O)C(C=O)=CC[C@H]32)O1. The Morgan fingerprint density at radius 1 is 1.28 bits per heavy atom. The summed E-state index contributed by atoms with van der Waals surface area (Å²) in [6.07, 6.45) is 10.0. The number of carbonyl (C=O) groups excluding carboxylic acids is 2. The van der Waals surface area contributed by atoms with Crippen molar-refractivity contribution < 1.29 is 19.4 Å². The highest BCUT2D eigenvalue weighted by molar-refractivity contribution is 5.94. The molecule has 2 saturated carbocycles. The lowest BCUT2D eigenvalue weighted by atomic mass is 9.62. The zero-order valence-corrected chi connectivity index (χ0v) is 18.5. The minimum absolute atomic E-state index is 0.00341. The normalized spacial score (nSPS) is 49.2. The molecule has 0 aromatic rings. The maximum atomic E-state index is 12.7. The molecule has 4 aliphatic rings. The first-order valence-corrected chi connectivity index (χ1v) is 11.3. The molecule has 0 unspecified atom stereocenters. The van der Waals surface area contributed by atoms with E-state index in [0.717, 1.165) is 38.4 Å². The van der Waals surface area contributed by atoms with Crippen LogP contribution in [-0.2, 0) is 14.3 Å². The molecule has 1 heterocycles. The molecule has 4 nitrogen and oxygen atoms in total. The van der Waals surface area contributed by atoms with Crippen molar-refractivity contribution in [1.82, 2.24) is 0 Å². The molecule has 8 atom stereocenters. The smallest absolute Gasteiger partial charge is 0.146 e. The molecule has 1 aliphatic heterocycles. The fourth-order valence-corrected chi connectivity index (χ4v) is 7.28. The molecule has 0 bridgehead atoms. The number of hydrogen-bond acceptors (Lipinski definition) is 4. The van der Waals surface area contributed by atoms with Crippen LogP contribution in [0.3, 0.4) is 0 Å². The lowest BCUT2D eigenvalue weighted by Gasteiger charge is -2.45. The number of ketones is 1. The van der Waals surface area contributed by atoms with Gasteiger partial charge in [-0.15, -0.1) is 0 Å². The number of aliphatic hydroxyl groups is 1. The van der Waals surface area contributed by atoms with Gasteiger partial charge in [-0.3, -0.25) is 9.59 Å². The minimum Gasteiger partial charge on any atom is -0.389 e. The van der Waals surface area contributed by atoms with E-state index in [9.17, 15) is 14.7 Å². The second kappa shape index (κ2) is 6.88.